The second-order valence-electron chi connectivity index (χ2n) is 5.49. The number of sulfonamides is 1. The quantitative estimate of drug-likeness (QED) is 0.921. The average Bonchev–Trinajstić information content (AvgIpc) is 2.39. The Bertz CT molecular complexity index is 540. The Morgan fingerprint density at radius 3 is 2.74 bits per heavy atom. The van der Waals surface area contributed by atoms with Crippen LogP contribution >= 0.6 is 0 Å². The molecule has 2 rings (SSSR count). The fourth-order valence-corrected chi connectivity index (χ4v) is 3.97. The molecule has 0 amide bonds. The lowest BCUT2D eigenvalue weighted by atomic mass is 10.0. The summed E-state index contributed by atoms with van der Waals surface area (Å²) in [6, 6.07) is 7.18. The summed E-state index contributed by atoms with van der Waals surface area (Å²) in [5.74, 6) is 0.318. The summed E-state index contributed by atoms with van der Waals surface area (Å²) in [6.45, 7) is 5.11. The normalized spacial score (nSPS) is 21.8. The third-order valence-electron chi connectivity index (χ3n) is 3.58. The van der Waals surface area contributed by atoms with E-state index in [1.807, 2.05) is 12.1 Å². The maximum atomic E-state index is 12.6. The fraction of sp³-hybridized carbons (Fsp3) is 0.571. The highest BCUT2D eigenvalue weighted by Gasteiger charge is 2.28. The van der Waals surface area contributed by atoms with Gasteiger partial charge in [0.1, 0.15) is 0 Å². The molecule has 1 atom stereocenters. The second kappa shape index (κ2) is 5.61. The van der Waals surface area contributed by atoms with Crippen LogP contribution in [0.5, 0.6) is 0 Å². The van der Waals surface area contributed by atoms with E-state index >= 15 is 0 Å². The molecule has 1 fully saturated rings. The van der Waals surface area contributed by atoms with Gasteiger partial charge in [-0.3, -0.25) is 0 Å². The molecule has 1 aliphatic heterocycles. The fourth-order valence-electron chi connectivity index (χ4n) is 2.38. The van der Waals surface area contributed by atoms with Gasteiger partial charge in [-0.2, -0.15) is 4.31 Å². The first-order valence-electron chi connectivity index (χ1n) is 6.77. The zero-order valence-electron chi connectivity index (χ0n) is 11.5. The van der Waals surface area contributed by atoms with E-state index < -0.39 is 10.0 Å². The summed E-state index contributed by atoms with van der Waals surface area (Å²) in [7, 11) is -3.40. The van der Waals surface area contributed by atoms with Crippen molar-refractivity contribution in [2.45, 2.75) is 43.5 Å². The molecule has 0 aliphatic carbocycles. The molecular weight excluding hydrogens is 260 g/mol. The Morgan fingerprint density at radius 1 is 1.37 bits per heavy atom. The van der Waals surface area contributed by atoms with Crippen LogP contribution in [0, 0.1) is 0 Å². The van der Waals surface area contributed by atoms with Crippen molar-refractivity contribution in [1.82, 2.24) is 4.31 Å². The minimum Gasteiger partial charge on any atom is -0.327 e. The van der Waals surface area contributed by atoms with Gasteiger partial charge in [-0.25, -0.2) is 8.42 Å². The number of rotatable bonds is 3. The standard InChI is InChI=1S/C14H22N2O2S/c1-11(2)12-5-3-7-14(9-12)19(17,18)16-8-4-6-13(15)10-16/h3,5,7,9,11,13H,4,6,8,10,15H2,1-2H3. The van der Waals surface area contributed by atoms with E-state index in [9.17, 15) is 8.42 Å². The lowest BCUT2D eigenvalue weighted by molar-refractivity contribution is 0.316. The Morgan fingerprint density at radius 2 is 2.11 bits per heavy atom. The van der Waals surface area contributed by atoms with Gasteiger partial charge in [-0.15, -0.1) is 0 Å². The van der Waals surface area contributed by atoms with E-state index in [2.05, 4.69) is 13.8 Å². The van der Waals surface area contributed by atoms with Gasteiger partial charge in [0.05, 0.1) is 4.90 Å². The zero-order chi connectivity index (χ0) is 14.0. The van der Waals surface area contributed by atoms with E-state index in [1.54, 1.807) is 12.1 Å². The predicted molar refractivity (Wildman–Crippen MR) is 76.5 cm³/mol. The molecule has 19 heavy (non-hydrogen) atoms. The highest BCUT2D eigenvalue weighted by molar-refractivity contribution is 7.89. The Labute approximate surface area is 115 Å². The third kappa shape index (κ3) is 3.16. The second-order valence-corrected chi connectivity index (χ2v) is 7.43. The summed E-state index contributed by atoms with van der Waals surface area (Å²) < 4.78 is 26.7. The largest absolute Gasteiger partial charge is 0.327 e. The zero-order valence-corrected chi connectivity index (χ0v) is 12.4. The van der Waals surface area contributed by atoms with E-state index in [4.69, 9.17) is 5.73 Å². The van der Waals surface area contributed by atoms with Crippen LogP contribution in [-0.4, -0.2) is 31.9 Å². The monoisotopic (exact) mass is 282 g/mol. The number of hydrogen-bond donors (Lipinski definition) is 1. The number of piperidine rings is 1. The number of hydrogen-bond acceptors (Lipinski definition) is 3. The summed E-state index contributed by atoms with van der Waals surface area (Å²) in [4.78, 5) is 0.382. The average molecular weight is 282 g/mol. The van der Waals surface area contributed by atoms with Gasteiger partial charge in [0, 0.05) is 19.1 Å². The van der Waals surface area contributed by atoms with Gasteiger partial charge in [-0.05, 0) is 36.5 Å². The van der Waals surface area contributed by atoms with Crippen molar-refractivity contribution in [3.63, 3.8) is 0 Å². The number of nitrogens with two attached hydrogens (primary N) is 1. The Hall–Kier alpha value is -0.910. The topological polar surface area (TPSA) is 63.4 Å². The molecule has 0 bridgehead atoms. The molecule has 0 spiro atoms. The van der Waals surface area contributed by atoms with E-state index in [0.717, 1.165) is 18.4 Å². The van der Waals surface area contributed by atoms with Crippen LogP contribution in [0.25, 0.3) is 0 Å². The molecule has 1 aromatic carbocycles. The minimum absolute atomic E-state index is 0.0446. The summed E-state index contributed by atoms with van der Waals surface area (Å²) >= 11 is 0. The van der Waals surface area contributed by atoms with Gasteiger partial charge in [0.15, 0.2) is 0 Å². The Balaban J connectivity index is 2.31. The van der Waals surface area contributed by atoms with Crippen molar-refractivity contribution in [2.24, 2.45) is 5.73 Å². The summed E-state index contributed by atoms with van der Waals surface area (Å²) in [5, 5.41) is 0. The lowest BCUT2D eigenvalue weighted by Crippen LogP contribution is -2.45. The summed E-state index contributed by atoms with van der Waals surface area (Å²) in [6.07, 6.45) is 1.74. The SMILES string of the molecule is CC(C)c1cccc(S(=O)(=O)N2CCCC(N)C2)c1. The van der Waals surface area contributed by atoms with Gasteiger partial charge in [-0.1, -0.05) is 26.0 Å². The highest BCUT2D eigenvalue weighted by Crippen LogP contribution is 2.23. The molecule has 4 nitrogen and oxygen atoms in total. The number of benzene rings is 1. The molecule has 1 aromatic rings. The molecule has 0 saturated carbocycles. The van der Waals surface area contributed by atoms with Crippen LogP contribution in [0.1, 0.15) is 38.2 Å². The van der Waals surface area contributed by atoms with E-state index in [0.29, 0.717) is 23.9 Å². The molecule has 0 aromatic heterocycles. The molecule has 0 radical (unpaired) electrons. The van der Waals surface area contributed by atoms with Crippen molar-refractivity contribution in [2.75, 3.05) is 13.1 Å². The summed E-state index contributed by atoms with van der Waals surface area (Å²) in [5.41, 5.74) is 6.92. The van der Waals surface area contributed by atoms with Crippen molar-refractivity contribution in [3.05, 3.63) is 29.8 Å². The van der Waals surface area contributed by atoms with Gasteiger partial charge in [0.2, 0.25) is 10.0 Å². The molecule has 1 unspecified atom stereocenters. The van der Waals surface area contributed by atoms with Gasteiger partial charge >= 0.3 is 0 Å². The first-order valence-corrected chi connectivity index (χ1v) is 8.21. The molecule has 106 valence electrons. The van der Waals surface area contributed by atoms with Crippen LogP contribution in [0.2, 0.25) is 0 Å². The van der Waals surface area contributed by atoms with Crippen molar-refractivity contribution >= 4 is 10.0 Å². The predicted octanol–water partition coefficient (Wildman–Crippen LogP) is 1.92. The van der Waals surface area contributed by atoms with Crippen molar-refractivity contribution in [3.8, 4) is 0 Å². The molecule has 2 N–H and O–H groups in total. The first-order chi connectivity index (χ1) is 8.91. The molecule has 1 aliphatic rings. The molecule has 1 heterocycles. The van der Waals surface area contributed by atoms with E-state index in [1.165, 1.54) is 4.31 Å². The third-order valence-corrected chi connectivity index (χ3v) is 5.44. The van der Waals surface area contributed by atoms with E-state index in [-0.39, 0.29) is 6.04 Å². The van der Waals surface area contributed by atoms with Gasteiger partial charge < -0.3 is 5.73 Å². The van der Waals surface area contributed by atoms with Crippen LogP contribution < -0.4 is 5.73 Å². The first kappa shape index (κ1) is 14.5. The molecule has 1 saturated heterocycles. The smallest absolute Gasteiger partial charge is 0.243 e. The van der Waals surface area contributed by atoms with Crippen molar-refractivity contribution in [1.29, 1.82) is 0 Å². The van der Waals surface area contributed by atoms with Crippen molar-refractivity contribution < 1.29 is 8.42 Å². The Kier molecular flexibility index (Phi) is 4.28. The molecule has 5 heteroatoms. The minimum atomic E-state index is -3.40. The van der Waals surface area contributed by atoms with Crippen LogP contribution in [0.4, 0.5) is 0 Å². The van der Waals surface area contributed by atoms with Crippen LogP contribution in [-0.2, 0) is 10.0 Å². The molecular formula is C14H22N2O2S. The van der Waals surface area contributed by atoms with Crippen LogP contribution in [0.15, 0.2) is 29.2 Å². The van der Waals surface area contributed by atoms with Crippen LogP contribution in [0.3, 0.4) is 0 Å². The highest BCUT2D eigenvalue weighted by atomic mass is 32.2. The maximum Gasteiger partial charge on any atom is 0.243 e. The lowest BCUT2D eigenvalue weighted by Gasteiger charge is -2.30. The maximum absolute atomic E-state index is 12.6. The number of nitrogens with zero attached hydrogens (tertiary/aromatic N) is 1. The van der Waals surface area contributed by atoms with Gasteiger partial charge in [0.25, 0.3) is 0 Å².